The monoisotopic (exact) mass is 378 g/mol. The van der Waals surface area contributed by atoms with E-state index in [1.807, 2.05) is 0 Å². The molecule has 1 amide bonds. The zero-order valence-corrected chi connectivity index (χ0v) is 14.9. The number of hydrogen-bond donors (Lipinski definition) is 2. The van der Waals surface area contributed by atoms with Crippen LogP contribution in [-0.4, -0.2) is 40.7 Å². The SMILES string of the molecule is O=C(Cc1csc(Cc2ccc(F)cc2)n1)NC1(C(=O)O)CCOCC1. The van der Waals surface area contributed by atoms with Crippen LogP contribution in [-0.2, 0) is 27.2 Å². The summed E-state index contributed by atoms with van der Waals surface area (Å²) < 4.78 is 18.1. The van der Waals surface area contributed by atoms with E-state index in [2.05, 4.69) is 10.3 Å². The molecular weight excluding hydrogens is 359 g/mol. The average Bonchev–Trinajstić information content (AvgIpc) is 3.04. The number of ether oxygens (including phenoxy) is 1. The summed E-state index contributed by atoms with van der Waals surface area (Å²) in [6, 6.07) is 6.20. The van der Waals surface area contributed by atoms with Gasteiger partial charge >= 0.3 is 5.97 Å². The second-order valence-electron chi connectivity index (χ2n) is 6.26. The van der Waals surface area contributed by atoms with Gasteiger partial charge in [0.2, 0.25) is 5.91 Å². The highest BCUT2D eigenvalue weighted by molar-refractivity contribution is 7.09. The first-order valence-electron chi connectivity index (χ1n) is 8.27. The summed E-state index contributed by atoms with van der Waals surface area (Å²) in [4.78, 5) is 28.3. The molecule has 2 heterocycles. The van der Waals surface area contributed by atoms with Crippen LogP contribution in [0.4, 0.5) is 4.39 Å². The lowest BCUT2D eigenvalue weighted by Crippen LogP contribution is -2.57. The van der Waals surface area contributed by atoms with Crippen molar-refractivity contribution >= 4 is 23.2 Å². The number of aliphatic carboxylic acids is 1. The molecule has 1 aromatic heterocycles. The van der Waals surface area contributed by atoms with Gasteiger partial charge in [0.1, 0.15) is 11.4 Å². The third kappa shape index (κ3) is 4.44. The molecule has 138 valence electrons. The third-order valence-corrected chi connectivity index (χ3v) is 5.24. The number of aromatic nitrogens is 1. The lowest BCUT2D eigenvalue weighted by molar-refractivity contribution is -0.152. The molecule has 1 saturated heterocycles. The Morgan fingerprint density at radius 3 is 2.62 bits per heavy atom. The molecule has 1 aliphatic rings. The van der Waals surface area contributed by atoms with Crippen molar-refractivity contribution in [2.75, 3.05) is 13.2 Å². The van der Waals surface area contributed by atoms with Gasteiger partial charge in [-0.25, -0.2) is 14.2 Å². The lowest BCUT2D eigenvalue weighted by atomic mass is 9.90. The van der Waals surface area contributed by atoms with E-state index < -0.39 is 11.5 Å². The van der Waals surface area contributed by atoms with Crippen LogP contribution in [0.3, 0.4) is 0 Å². The van der Waals surface area contributed by atoms with Crippen molar-refractivity contribution in [1.82, 2.24) is 10.3 Å². The number of carbonyl (C=O) groups excluding carboxylic acids is 1. The predicted octanol–water partition coefficient (Wildman–Crippen LogP) is 2.17. The summed E-state index contributed by atoms with van der Waals surface area (Å²) in [7, 11) is 0. The van der Waals surface area contributed by atoms with Crippen molar-refractivity contribution in [2.45, 2.75) is 31.2 Å². The first-order chi connectivity index (χ1) is 12.5. The van der Waals surface area contributed by atoms with Gasteiger partial charge in [-0.3, -0.25) is 4.79 Å². The molecule has 0 bridgehead atoms. The van der Waals surface area contributed by atoms with Crippen LogP contribution in [0.25, 0.3) is 0 Å². The minimum Gasteiger partial charge on any atom is -0.480 e. The van der Waals surface area contributed by atoms with Gasteiger partial charge in [-0.15, -0.1) is 11.3 Å². The molecule has 8 heteroatoms. The van der Waals surface area contributed by atoms with Gasteiger partial charge in [-0.2, -0.15) is 0 Å². The lowest BCUT2D eigenvalue weighted by Gasteiger charge is -2.33. The molecule has 2 aromatic rings. The highest BCUT2D eigenvalue weighted by Gasteiger charge is 2.41. The molecular formula is C18H19FN2O4S. The van der Waals surface area contributed by atoms with Crippen LogP contribution in [0.5, 0.6) is 0 Å². The van der Waals surface area contributed by atoms with Crippen molar-refractivity contribution in [2.24, 2.45) is 0 Å². The van der Waals surface area contributed by atoms with Crippen molar-refractivity contribution < 1.29 is 23.8 Å². The average molecular weight is 378 g/mol. The van der Waals surface area contributed by atoms with E-state index in [0.29, 0.717) is 25.3 Å². The number of carboxylic acid groups (broad SMARTS) is 1. The Balaban J connectivity index is 1.60. The zero-order chi connectivity index (χ0) is 18.6. The number of amides is 1. The van der Waals surface area contributed by atoms with E-state index in [1.54, 1.807) is 17.5 Å². The second kappa shape index (κ2) is 7.92. The summed E-state index contributed by atoms with van der Waals surface area (Å²) >= 11 is 1.42. The topological polar surface area (TPSA) is 88.5 Å². The Morgan fingerprint density at radius 1 is 1.27 bits per heavy atom. The largest absolute Gasteiger partial charge is 0.480 e. The molecule has 0 atom stereocenters. The van der Waals surface area contributed by atoms with Crippen LogP contribution in [0.1, 0.15) is 29.1 Å². The summed E-state index contributed by atoms with van der Waals surface area (Å²) in [5, 5.41) is 14.7. The smallest absolute Gasteiger partial charge is 0.329 e. The summed E-state index contributed by atoms with van der Waals surface area (Å²) in [6.45, 7) is 0.621. The van der Waals surface area contributed by atoms with Gasteiger partial charge in [-0.1, -0.05) is 12.1 Å². The Labute approximate surface area is 154 Å². The number of carbonyl (C=O) groups is 2. The molecule has 0 radical (unpaired) electrons. The molecule has 6 nitrogen and oxygen atoms in total. The number of nitrogens with zero attached hydrogens (tertiary/aromatic N) is 1. The van der Waals surface area contributed by atoms with E-state index in [0.717, 1.165) is 10.6 Å². The molecule has 1 aromatic carbocycles. The van der Waals surface area contributed by atoms with Crippen molar-refractivity contribution in [3.8, 4) is 0 Å². The fraction of sp³-hybridized carbons (Fsp3) is 0.389. The molecule has 26 heavy (non-hydrogen) atoms. The Morgan fingerprint density at radius 2 is 1.96 bits per heavy atom. The Hall–Kier alpha value is -2.32. The summed E-state index contributed by atoms with van der Waals surface area (Å²) in [5.74, 6) is -1.69. The Bertz CT molecular complexity index is 785. The number of rotatable bonds is 6. The van der Waals surface area contributed by atoms with Crippen molar-refractivity contribution in [3.05, 3.63) is 51.7 Å². The van der Waals surface area contributed by atoms with E-state index in [9.17, 15) is 19.1 Å². The minimum atomic E-state index is -1.26. The van der Waals surface area contributed by atoms with Gasteiger partial charge in [0, 0.05) is 37.9 Å². The van der Waals surface area contributed by atoms with Crippen LogP contribution >= 0.6 is 11.3 Å². The standard InChI is InChI=1S/C18H19FN2O4S/c19-13-3-1-12(2-4-13)9-16-20-14(11-26-16)10-15(22)21-18(17(23)24)5-7-25-8-6-18/h1-4,11H,5-10H2,(H,21,22)(H,23,24). The molecule has 1 aliphatic heterocycles. The van der Waals surface area contributed by atoms with E-state index in [-0.39, 0.29) is 31.0 Å². The number of benzene rings is 1. The fourth-order valence-corrected chi connectivity index (χ4v) is 3.70. The Kier molecular flexibility index (Phi) is 5.63. The van der Waals surface area contributed by atoms with Crippen LogP contribution < -0.4 is 5.32 Å². The predicted molar refractivity (Wildman–Crippen MR) is 93.6 cm³/mol. The second-order valence-corrected chi connectivity index (χ2v) is 7.20. The van der Waals surface area contributed by atoms with Crippen molar-refractivity contribution in [3.63, 3.8) is 0 Å². The molecule has 2 N–H and O–H groups in total. The van der Waals surface area contributed by atoms with Crippen molar-refractivity contribution in [1.29, 1.82) is 0 Å². The highest BCUT2D eigenvalue weighted by atomic mass is 32.1. The quantitative estimate of drug-likeness (QED) is 0.804. The first-order valence-corrected chi connectivity index (χ1v) is 9.15. The number of carboxylic acids is 1. The van der Waals surface area contributed by atoms with Gasteiger partial charge in [0.05, 0.1) is 17.1 Å². The number of nitrogens with one attached hydrogen (secondary N) is 1. The molecule has 1 fully saturated rings. The zero-order valence-electron chi connectivity index (χ0n) is 14.0. The minimum absolute atomic E-state index is 0.0236. The van der Waals surface area contributed by atoms with Gasteiger partial charge in [0.25, 0.3) is 0 Å². The maximum Gasteiger partial charge on any atom is 0.329 e. The molecule has 3 rings (SSSR count). The van der Waals surface area contributed by atoms with Crippen LogP contribution in [0.15, 0.2) is 29.6 Å². The normalized spacial score (nSPS) is 16.2. The highest BCUT2D eigenvalue weighted by Crippen LogP contribution is 2.22. The molecule has 0 saturated carbocycles. The van der Waals surface area contributed by atoms with Crippen LogP contribution in [0, 0.1) is 5.82 Å². The number of halogens is 1. The fourth-order valence-electron chi connectivity index (χ4n) is 2.88. The number of hydrogen-bond acceptors (Lipinski definition) is 5. The third-order valence-electron chi connectivity index (χ3n) is 4.34. The maximum atomic E-state index is 12.9. The molecule has 0 aliphatic carbocycles. The number of thiazole rings is 1. The first kappa shape index (κ1) is 18.5. The molecule has 0 spiro atoms. The van der Waals surface area contributed by atoms with Crippen LogP contribution in [0.2, 0.25) is 0 Å². The maximum absolute atomic E-state index is 12.9. The molecule has 0 unspecified atom stereocenters. The van der Waals surface area contributed by atoms with Gasteiger partial charge in [0.15, 0.2) is 0 Å². The summed E-state index contributed by atoms with van der Waals surface area (Å²) in [6.07, 6.45) is 1.08. The van der Waals surface area contributed by atoms with E-state index >= 15 is 0 Å². The van der Waals surface area contributed by atoms with E-state index in [4.69, 9.17) is 4.74 Å². The summed E-state index contributed by atoms with van der Waals surface area (Å²) in [5.41, 5.74) is 0.267. The van der Waals surface area contributed by atoms with Gasteiger partial charge < -0.3 is 15.2 Å². The van der Waals surface area contributed by atoms with Gasteiger partial charge in [-0.05, 0) is 17.7 Å². The van der Waals surface area contributed by atoms with E-state index in [1.165, 1.54) is 23.5 Å².